The van der Waals surface area contributed by atoms with Crippen molar-refractivity contribution >= 4 is 5.69 Å². The molecule has 0 saturated carbocycles. The van der Waals surface area contributed by atoms with E-state index in [-0.39, 0.29) is 5.82 Å². The molecule has 1 aromatic carbocycles. The third-order valence-electron chi connectivity index (χ3n) is 1.93. The van der Waals surface area contributed by atoms with Crippen molar-refractivity contribution in [1.29, 1.82) is 0 Å². The number of aliphatic hydroxyl groups excluding tert-OH is 1. The number of nitrogens with zero attached hydrogens (tertiary/aromatic N) is 1. The molecule has 3 heteroatoms. The van der Waals surface area contributed by atoms with E-state index in [9.17, 15) is 9.50 Å². The zero-order valence-electron chi connectivity index (χ0n) is 8.08. The second-order valence-electron chi connectivity index (χ2n) is 3.24. The van der Waals surface area contributed by atoms with Crippen LogP contribution in [0.1, 0.15) is 18.6 Å². The fourth-order valence-corrected chi connectivity index (χ4v) is 1.33. The van der Waals surface area contributed by atoms with Gasteiger partial charge in [0.1, 0.15) is 5.82 Å². The lowest BCUT2D eigenvalue weighted by Gasteiger charge is -2.19. The fourth-order valence-electron chi connectivity index (χ4n) is 1.33. The van der Waals surface area contributed by atoms with Crippen LogP contribution in [0, 0.1) is 5.82 Å². The minimum absolute atomic E-state index is 0.354. The standard InChI is InChI=1S/C10H14FNO/c1-7(13)10-8(11)5-4-6-9(10)12(2)3/h4-7,13H,1-3H3. The quantitative estimate of drug-likeness (QED) is 0.757. The minimum atomic E-state index is -0.779. The van der Waals surface area contributed by atoms with Crippen LogP contribution in [0.4, 0.5) is 10.1 Å². The van der Waals surface area contributed by atoms with E-state index in [0.717, 1.165) is 5.69 Å². The Kier molecular flexibility index (Phi) is 2.88. The number of anilines is 1. The van der Waals surface area contributed by atoms with Crippen molar-refractivity contribution in [1.82, 2.24) is 0 Å². The maximum Gasteiger partial charge on any atom is 0.131 e. The summed E-state index contributed by atoms with van der Waals surface area (Å²) < 4.78 is 13.3. The Morgan fingerprint density at radius 1 is 1.38 bits per heavy atom. The molecule has 72 valence electrons. The van der Waals surface area contributed by atoms with Gasteiger partial charge in [0.25, 0.3) is 0 Å². The lowest BCUT2D eigenvalue weighted by molar-refractivity contribution is 0.194. The average Bonchev–Trinajstić information content (AvgIpc) is 2.02. The molecule has 13 heavy (non-hydrogen) atoms. The molecule has 0 aliphatic rings. The number of halogens is 1. The molecule has 0 fully saturated rings. The molecule has 0 aliphatic carbocycles. The maximum atomic E-state index is 13.3. The van der Waals surface area contributed by atoms with Gasteiger partial charge in [-0.1, -0.05) is 6.07 Å². The predicted octanol–water partition coefficient (Wildman–Crippen LogP) is 1.94. The van der Waals surface area contributed by atoms with Crippen LogP contribution in [0.3, 0.4) is 0 Å². The summed E-state index contributed by atoms with van der Waals surface area (Å²) in [6.07, 6.45) is -0.779. The van der Waals surface area contributed by atoms with Crippen molar-refractivity contribution in [3.63, 3.8) is 0 Å². The Hall–Kier alpha value is -1.09. The van der Waals surface area contributed by atoms with E-state index in [1.807, 2.05) is 14.1 Å². The van der Waals surface area contributed by atoms with Crippen LogP contribution >= 0.6 is 0 Å². The first kappa shape index (κ1) is 9.99. The molecule has 1 N–H and O–H groups in total. The number of benzene rings is 1. The van der Waals surface area contributed by atoms with Gasteiger partial charge in [-0.2, -0.15) is 0 Å². The second kappa shape index (κ2) is 3.75. The Balaban J connectivity index is 3.26. The van der Waals surface area contributed by atoms with Gasteiger partial charge in [-0.3, -0.25) is 0 Å². The highest BCUT2D eigenvalue weighted by molar-refractivity contribution is 5.53. The number of hydrogen-bond acceptors (Lipinski definition) is 2. The van der Waals surface area contributed by atoms with E-state index in [2.05, 4.69) is 0 Å². The highest BCUT2D eigenvalue weighted by Gasteiger charge is 2.13. The monoisotopic (exact) mass is 183 g/mol. The van der Waals surface area contributed by atoms with Crippen LogP contribution < -0.4 is 4.90 Å². The van der Waals surface area contributed by atoms with Crippen LogP contribution in [0.5, 0.6) is 0 Å². The summed E-state index contributed by atoms with van der Waals surface area (Å²) in [6, 6.07) is 4.77. The van der Waals surface area contributed by atoms with E-state index in [1.54, 1.807) is 24.0 Å². The molecule has 0 aliphatic heterocycles. The van der Waals surface area contributed by atoms with Crippen molar-refractivity contribution in [2.45, 2.75) is 13.0 Å². The largest absolute Gasteiger partial charge is 0.389 e. The van der Waals surface area contributed by atoms with E-state index in [1.165, 1.54) is 6.07 Å². The molecular weight excluding hydrogens is 169 g/mol. The van der Waals surface area contributed by atoms with Gasteiger partial charge in [-0.05, 0) is 19.1 Å². The van der Waals surface area contributed by atoms with Gasteiger partial charge in [-0.25, -0.2) is 4.39 Å². The van der Waals surface area contributed by atoms with Gasteiger partial charge in [-0.15, -0.1) is 0 Å². The van der Waals surface area contributed by atoms with Gasteiger partial charge < -0.3 is 10.0 Å². The number of aliphatic hydroxyl groups is 1. The lowest BCUT2D eigenvalue weighted by atomic mass is 10.1. The molecule has 0 amide bonds. The number of hydrogen-bond donors (Lipinski definition) is 1. The van der Waals surface area contributed by atoms with Crippen molar-refractivity contribution in [2.24, 2.45) is 0 Å². The first-order valence-corrected chi connectivity index (χ1v) is 4.18. The van der Waals surface area contributed by atoms with E-state index >= 15 is 0 Å². The molecule has 0 saturated heterocycles. The number of rotatable bonds is 2. The first-order chi connectivity index (χ1) is 6.04. The molecule has 1 aromatic rings. The molecular formula is C10H14FNO. The molecule has 2 nitrogen and oxygen atoms in total. The zero-order chi connectivity index (χ0) is 10.0. The lowest BCUT2D eigenvalue weighted by Crippen LogP contribution is -2.13. The zero-order valence-corrected chi connectivity index (χ0v) is 8.08. The topological polar surface area (TPSA) is 23.5 Å². The van der Waals surface area contributed by atoms with Gasteiger partial charge in [0, 0.05) is 25.3 Å². The fraction of sp³-hybridized carbons (Fsp3) is 0.400. The summed E-state index contributed by atoms with van der Waals surface area (Å²) in [6.45, 7) is 1.56. The third-order valence-corrected chi connectivity index (χ3v) is 1.93. The maximum absolute atomic E-state index is 13.3. The van der Waals surface area contributed by atoms with Gasteiger partial charge in [0.05, 0.1) is 6.10 Å². The Labute approximate surface area is 77.6 Å². The smallest absolute Gasteiger partial charge is 0.131 e. The summed E-state index contributed by atoms with van der Waals surface area (Å²) in [7, 11) is 3.64. The molecule has 0 radical (unpaired) electrons. The Morgan fingerprint density at radius 2 is 2.00 bits per heavy atom. The van der Waals surface area contributed by atoms with Crippen LogP contribution in [0.15, 0.2) is 18.2 Å². The van der Waals surface area contributed by atoms with Crippen LogP contribution in [0.25, 0.3) is 0 Å². The molecule has 0 spiro atoms. The molecule has 1 rings (SSSR count). The summed E-state index contributed by atoms with van der Waals surface area (Å²) >= 11 is 0. The SMILES string of the molecule is CC(O)c1c(F)cccc1N(C)C. The molecule has 1 unspecified atom stereocenters. The first-order valence-electron chi connectivity index (χ1n) is 4.18. The van der Waals surface area contributed by atoms with E-state index < -0.39 is 6.10 Å². The highest BCUT2D eigenvalue weighted by Crippen LogP contribution is 2.27. The van der Waals surface area contributed by atoms with Crippen LogP contribution in [-0.2, 0) is 0 Å². The van der Waals surface area contributed by atoms with Crippen LogP contribution in [-0.4, -0.2) is 19.2 Å². The van der Waals surface area contributed by atoms with Crippen molar-refractivity contribution in [2.75, 3.05) is 19.0 Å². The van der Waals surface area contributed by atoms with Gasteiger partial charge >= 0.3 is 0 Å². The van der Waals surface area contributed by atoms with Crippen molar-refractivity contribution in [3.05, 3.63) is 29.6 Å². The minimum Gasteiger partial charge on any atom is -0.389 e. The second-order valence-corrected chi connectivity index (χ2v) is 3.24. The van der Waals surface area contributed by atoms with Gasteiger partial charge in [0.2, 0.25) is 0 Å². The summed E-state index contributed by atoms with van der Waals surface area (Å²) in [5.74, 6) is -0.360. The highest BCUT2D eigenvalue weighted by atomic mass is 19.1. The van der Waals surface area contributed by atoms with Gasteiger partial charge in [0.15, 0.2) is 0 Å². The Morgan fingerprint density at radius 3 is 2.38 bits per heavy atom. The summed E-state index contributed by atoms with van der Waals surface area (Å²) in [5.41, 5.74) is 1.07. The molecule has 0 heterocycles. The van der Waals surface area contributed by atoms with Crippen molar-refractivity contribution < 1.29 is 9.50 Å². The van der Waals surface area contributed by atoms with E-state index in [4.69, 9.17) is 0 Å². The van der Waals surface area contributed by atoms with E-state index in [0.29, 0.717) is 5.56 Å². The Bertz CT molecular complexity index is 297. The summed E-state index contributed by atoms with van der Waals surface area (Å²) in [4.78, 5) is 1.78. The summed E-state index contributed by atoms with van der Waals surface area (Å²) in [5, 5.41) is 9.37. The third kappa shape index (κ3) is 1.98. The van der Waals surface area contributed by atoms with Crippen molar-refractivity contribution in [3.8, 4) is 0 Å². The average molecular weight is 183 g/mol. The molecule has 0 aromatic heterocycles. The normalized spacial score (nSPS) is 12.7. The molecule has 1 atom stereocenters. The predicted molar refractivity (Wildman–Crippen MR) is 51.4 cm³/mol. The molecule has 0 bridgehead atoms. The van der Waals surface area contributed by atoms with Crippen LogP contribution in [0.2, 0.25) is 0 Å².